The molecule has 1 unspecified atom stereocenters. The molecule has 0 amide bonds. The average molecular weight is 175 g/mol. The number of hydrazone groups is 1. The summed E-state index contributed by atoms with van der Waals surface area (Å²) in [5, 5.41) is 6.15. The van der Waals surface area contributed by atoms with Gasteiger partial charge in [-0.2, -0.15) is 5.10 Å². The first-order valence-corrected chi connectivity index (χ1v) is 4.39. The lowest BCUT2D eigenvalue weighted by molar-refractivity contribution is 0.304. The van der Waals surface area contributed by atoms with Gasteiger partial charge in [0.1, 0.15) is 12.5 Å². The Kier molecular flexibility index (Phi) is 1.93. The zero-order valence-corrected chi connectivity index (χ0v) is 7.88. The number of para-hydroxylation sites is 1. The van der Waals surface area contributed by atoms with Gasteiger partial charge in [0.25, 0.3) is 0 Å². The highest BCUT2D eigenvalue weighted by Crippen LogP contribution is 2.19. The first-order chi connectivity index (χ1) is 6.29. The molecule has 0 fully saturated rings. The molecule has 0 aromatic heterocycles. The second-order valence-electron chi connectivity index (χ2n) is 3.18. The van der Waals surface area contributed by atoms with E-state index in [1.165, 1.54) is 5.69 Å². The Hall–Kier alpha value is -1.51. The van der Waals surface area contributed by atoms with Crippen LogP contribution in [0, 0.1) is 0 Å². The molecule has 0 radical (unpaired) electrons. The van der Waals surface area contributed by atoms with Gasteiger partial charge < -0.3 is 4.90 Å². The van der Waals surface area contributed by atoms with Crippen molar-refractivity contribution in [1.29, 1.82) is 0 Å². The first kappa shape index (κ1) is 8.10. The Bertz CT molecular complexity index is 307. The van der Waals surface area contributed by atoms with Crippen molar-refractivity contribution in [2.45, 2.75) is 13.1 Å². The number of hydrogen-bond donors (Lipinski definition) is 0. The molecule has 3 heteroatoms. The SMILES string of the molecule is CC1N(C)N=CN1c1ccccc1. The summed E-state index contributed by atoms with van der Waals surface area (Å²) < 4.78 is 0. The molecule has 0 spiro atoms. The topological polar surface area (TPSA) is 18.8 Å². The molecule has 1 aliphatic heterocycles. The molecule has 1 heterocycles. The second-order valence-corrected chi connectivity index (χ2v) is 3.18. The summed E-state index contributed by atoms with van der Waals surface area (Å²) >= 11 is 0. The molecule has 1 aromatic rings. The van der Waals surface area contributed by atoms with Crippen LogP contribution in [0.2, 0.25) is 0 Å². The maximum atomic E-state index is 4.21. The van der Waals surface area contributed by atoms with Gasteiger partial charge in [0.2, 0.25) is 0 Å². The van der Waals surface area contributed by atoms with Gasteiger partial charge in [-0.25, -0.2) is 0 Å². The lowest BCUT2D eigenvalue weighted by Gasteiger charge is -2.24. The van der Waals surface area contributed by atoms with E-state index in [0.29, 0.717) is 6.17 Å². The largest absolute Gasteiger partial charge is 0.309 e. The van der Waals surface area contributed by atoms with Crippen molar-refractivity contribution in [2.75, 3.05) is 11.9 Å². The van der Waals surface area contributed by atoms with Crippen molar-refractivity contribution in [3.8, 4) is 0 Å². The highest BCUT2D eigenvalue weighted by atomic mass is 15.6. The molecule has 1 aromatic carbocycles. The van der Waals surface area contributed by atoms with Gasteiger partial charge >= 0.3 is 0 Å². The van der Waals surface area contributed by atoms with Gasteiger partial charge in [0.15, 0.2) is 0 Å². The minimum absolute atomic E-state index is 0.308. The monoisotopic (exact) mass is 175 g/mol. The standard InChI is InChI=1S/C10H13N3/c1-9-12(2)11-8-13(9)10-6-4-3-5-7-10/h3-9H,1-2H3. The summed E-state index contributed by atoms with van der Waals surface area (Å²) in [5.74, 6) is 0. The van der Waals surface area contributed by atoms with Crippen LogP contribution in [-0.4, -0.2) is 24.6 Å². The molecule has 13 heavy (non-hydrogen) atoms. The lowest BCUT2D eigenvalue weighted by Crippen LogP contribution is -2.34. The van der Waals surface area contributed by atoms with Crippen LogP contribution in [0.25, 0.3) is 0 Å². The Labute approximate surface area is 78.3 Å². The summed E-state index contributed by atoms with van der Waals surface area (Å²) in [4.78, 5) is 2.14. The van der Waals surface area contributed by atoms with E-state index in [1.807, 2.05) is 36.6 Å². The van der Waals surface area contributed by atoms with Crippen LogP contribution in [0.15, 0.2) is 35.4 Å². The van der Waals surface area contributed by atoms with E-state index in [-0.39, 0.29) is 0 Å². The van der Waals surface area contributed by atoms with Gasteiger partial charge in [-0.05, 0) is 19.1 Å². The summed E-state index contributed by atoms with van der Waals surface area (Å²) in [6, 6.07) is 10.3. The molecule has 0 saturated carbocycles. The quantitative estimate of drug-likeness (QED) is 0.647. The maximum absolute atomic E-state index is 4.21. The molecule has 0 aliphatic carbocycles. The predicted molar refractivity (Wildman–Crippen MR) is 54.6 cm³/mol. The van der Waals surface area contributed by atoms with Crippen molar-refractivity contribution in [2.24, 2.45) is 5.10 Å². The van der Waals surface area contributed by atoms with Gasteiger partial charge in [0.05, 0.1) is 0 Å². The third kappa shape index (κ3) is 1.37. The van der Waals surface area contributed by atoms with Gasteiger partial charge in [0, 0.05) is 12.7 Å². The molecular weight excluding hydrogens is 162 g/mol. The zero-order valence-electron chi connectivity index (χ0n) is 7.88. The fourth-order valence-corrected chi connectivity index (χ4v) is 1.39. The van der Waals surface area contributed by atoms with E-state index < -0.39 is 0 Å². The molecule has 1 aliphatic rings. The van der Waals surface area contributed by atoms with E-state index in [2.05, 4.69) is 29.1 Å². The molecule has 3 nitrogen and oxygen atoms in total. The Balaban J connectivity index is 2.24. The second kappa shape index (κ2) is 3.09. The number of benzene rings is 1. The molecular formula is C10H13N3. The molecule has 2 rings (SSSR count). The Morgan fingerprint density at radius 3 is 2.46 bits per heavy atom. The van der Waals surface area contributed by atoms with Crippen LogP contribution in [-0.2, 0) is 0 Å². The normalized spacial score (nSPS) is 21.2. The minimum atomic E-state index is 0.308. The van der Waals surface area contributed by atoms with Crippen LogP contribution < -0.4 is 4.90 Å². The maximum Gasteiger partial charge on any atom is 0.120 e. The third-order valence-corrected chi connectivity index (χ3v) is 2.36. The molecule has 0 bridgehead atoms. The molecule has 0 N–H and O–H groups in total. The van der Waals surface area contributed by atoms with Crippen LogP contribution in [0.3, 0.4) is 0 Å². The summed E-state index contributed by atoms with van der Waals surface area (Å²) in [5.41, 5.74) is 1.18. The van der Waals surface area contributed by atoms with Crippen molar-refractivity contribution in [3.63, 3.8) is 0 Å². The third-order valence-electron chi connectivity index (χ3n) is 2.36. The first-order valence-electron chi connectivity index (χ1n) is 4.39. The van der Waals surface area contributed by atoms with Gasteiger partial charge in [-0.3, -0.25) is 5.01 Å². The highest BCUT2D eigenvalue weighted by Gasteiger charge is 2.20. The average Bonchev–Trinajstić information content (AvgIpc) is 2.49. The van der Waals surface area contributed by atoms with E-state index in [4.69, 9.17) is 0 Å². The van der Waals surface area contributed by atoms with Gasteiger partial charge in [-0.15, -0.1) is 0 Å². The zero-order chi connectivity index (χ0) is 9.26. The van der Waals surface area contributed by atoms with E-state index in [0.717, 1.165) is 0 Å². The van der Waals surface area contributed by atoms with Crippen LogP contribution in [0.4, 0.5) is 5.69 Å². The Morgan fingerprint density at radius 1 is 1.23 bits per heavy atom. The highest BCUT2D eigenvalue weighted by molar-refractivity contribution is 5.80. The summed E-state index contributed by atoms with van der Waals surface area (Å²) in [7, 11) is 1.98. The number of rotatable bonds is 1. The Morgan fingerprint density at radius 2 is 1.92 bits per heavy atom. The fraction of sp³-hybridized carbons (Fsp3) is 0.300. The summed E-state index contributed by atoms with van der Waals surface area (Å²) in [6.07, 6.45) is 2.17. The van der Waals surface area contributed by atoms with Crippen molar-refractivity contribution in [3.05, 3.63) is 30.3 Å². The fourth-order valence-electron chi connectivity index (χ4n) is 1.39. The predicted octanol–water partition coefficient (Wildman–Crippen LogP) is 1.73. The van der Waals surface area contributed by atoms with E-state index in [1.54, 1.807) is 0 Å². The lowest BCUT2D eigenvalue weighted by atomic mass is 10.3. The van der Waals surface area contributed by atoms with Crippen molar-refractivity contribution in [1.82, 2.24) is 5.01 Å². The van der Waals surface area contributed by atoms with Gasteiger partial charge in [-0.1, -0.05) is 18.2 Å². The molecule has 1 atom stereocenters. The minimum Gasteiger partial charge on any atom is -0.309 e. The van der Waals surface area contributed by atoms with Crippen LogP contribution in [0.1, 0.15) is 6.92 Å². The van der Waals surface area contributed by atoms with E-state index >= 15 is 0 Å². The number of hydrogen-bond acceptors (Lipinski definition) is 3. The number of nitrogens with zero attached hydrogens (tertiary/aromatic N) is 3. The molecule has 0 saturated heterocycles. The van der Waals surface area contributed by atoms with Crippen molar-refractivity contribution < 1.29 is 0 Å². The van der Waals surface area contributed by atoms with E-state index in [9.17, 15) is 0 Å². The van der Waals surface area contributed by atoms with Crippen LogP contribution in [0.5, 0.6) is 0 Å². The van der Waals surface area contributed by atoms with Crippen molar-refractivity contribution >= 4 is 12.0 Å². The summed E-state index contributed by atoms with van der Waals surface area (Å²) in [6.45, 7) is 2.12. The number of anilines is 1. The smallest absolute Gasteiger partial charge is 0.120 e. The van der Waals surface area contributed by atoms with Crippen LogP contribution >= 0.6 is 0 Å². The molecule has 68 valence electrons.